The Morgan fingerprint density at radius 1 is 1.18 bits per heavy atom. The number of aromatic nitrogens is 3. The number of carbonyl (C=O) groups excluding carboxylic acids is 1. The van der Waals surface area contributed by atoms with Gasteiger partial charge in [-0.1, -0.05) is 11.6 Å². The van der Waals surface area contributed by atoms with Gasteiger partial charge in [0.25, 0.3) is 0 Å². The van der Waals surface area contributed by atoms with E-state index in [1.807, 2.05) is 0 Å². The number of benzene rings is 1. The zero-order valence-electron chi connectivity index (χ0n) is 14.9. The van der Waals surface area contributed by atoms with Crippen LogP contribution in [0.2, 0.25) is 5.02 Å². The van der Waals surface area contributed by atoms with E-state index in [1.54, 1.807) is 18.5 Å². The molecule has 8 heteroatoms. The molecule has 0 unspecified atom stereocenters. The van der Waals surface area contributed by atoms with Gasteiger partial charge >= 0.3 is 0 Å². The minimum Gasteiger partial charge on any atom is -0.356 e. The second-order valence-electron chi connectivity index (χ2n) is 6.84. The third kappa shape index (κ3) is 3.54. The first kappa shape index (κ1) is 18.7. The van der Waals surface area contributed by atoms with Crippen molar-refractivity contribution in [2.24, 2.45) is 5.92 Å². The summed E-state index contributed by atoms with van der Waals surface area (Å²) in [6, 6.07) is 3.66. The third-order valence-electron chi connectivity index (χ3n) is 5.07. The number of hydrogen-bond acceptors (Lipinski definition) is 5. The highest BCUT2D eigenvalue weighted by atomic mass is 35.5. The van der Waals surface area contributed by atoms with Crippen molar-refractivity contribution in [3.63, 3.8) is 0 Å². The van der Waals surface area contributed by atoms with Gasteiger partial charge in [-0.3, -0.25) is 4.98 Å². The minimum absolute atomic E-state index is 0.0438. The Kier molecular flexibility index (Phi) is 5.17. The minimum atomic E-state index is -0.729. The zero-order valence-corrected chi connectivity index (χ0v) is 15.7. The van der Waals surface area contributed by atoms with E-state index < -0.39 is 11.6 Å². The number of fused-ring (bicyclic) bond motifs is 1. The van der Waals surface area contributed by atoms with Gasteiger partial charge < -0.3 is 9.69 Å². The second kappa shape index (κ2) is 7.75. The van der Waals surface area contributed by atoms with Crippen LogP contribution in [-0.2, 0) is 4.79 Å². The number of halogens is 3. The summed E-state index contributed by atoms with van der Waals surface area (Å²) in [6.45, 7) is 1.44. The molecule has 4 rings (SSSR count). The van der Waals surface area contributed by atoms with Crippen LogP contribution in [0.5, 0.6) is 0 Å². The Bertz CT molecular complexity index is 1040. The van der Waals surface area contributed by atoms with Crippen LogP contribution in [0.15, 0.2) is 30.6 Å². The Balaban J connectivity index is 1.79. The Morgan fingerprint density at radius 3 is 2.71 bits per heavy atom. The zero-order chi connectivity index (χ0) is 19.7. The first-order valence-corrected chi connectivity index (χ1v) is 9.40. The normalized spacial score (nSPS) is 15.2. The molecule has 144 valence electrons. The van der Waals surface area contributed by atoms with E-state index in [4.69, 9.17) is 11.6 Å². The molecule has 2 aromatic heterocycles. The molecule has 0 amide bonds. The van der Waals surface area contributed by atoms with Gasteiger partial charge in [0, 0.05) is 31.9 Å². The lowest BCUT2D eigenvalue weighted by Crippen LogP contribution is -2.34. The Hall–Kier alpha value is -2.67. The summed E-state index contributed by atoms with van der Waals surface area (Å²) in [5.74, 6) is -0.324. The maximum atomic E-state index is 14.4. The van der Waals surface area contributed by atoms with Crippen LogP contribution < -0.4 is 4.90 Å². The van der Waals surface area contributed by atoms with E-state index in [-0.39, 0.29) is 16.4 Å². The van der Waals surface area contributed by atoms with Crippen LogP contribution >= 0.6 is 11.6 Å². The molecule has 0 aliphatic carbocycles. The lowest BCUT2D eigenvalue weighted by Gasteiger charge is -2.32. The first-order valence-electron chi connectivity index (χ1n) is 9.02. The van der Waals surface area contributed by atoms with Crippen molar-refractivity contribution >= 4 is 34.6 Å². The molecule has 3 aromatic rings. The van der Waals surface area contributed by atoms with E-state index >= 15 is 0 Å². The molecule has 0 atom stereocenters. The van der Waals surface area contributed by atoms with Crippen molar-refractivity contribution in [1.82, 2.24) is 15.0 Å². The van der Waals surface area contributed by atoms with E-state index in [1.165, 1.54) is 0 Å². The summed E-state index contributed by atoms with van der Waals surface area (Å²) in [5.41, 5.74) is 0.553. The summed E-state index contributed by atoms with van der Waals surface area (Å²) < 4.78 is 28.4. The van der Waals surface area contributed by atoms with E-state index in [2.05, 4.69) is 19.9 Å². The maximum Gasteiger partial charge on any atom is 0.165 e. The molecule has 0 spiro atoms. The standard InChI is InChI=1S/C20H17ClF2N4O/c21-15-10-16(22)13(9-17(15)23)19-25-18-1-5-24-11-14(18)20(26-19)27-6-2-12(3-7-27)4-8-28/h1,5,8-12H,2-4,6-7H2. The molecule has 1 fully saturated rings. The predicted octanol–water partition coefficient (Wildman–Crippen LogP) is 4.43. The first-order chi connectivity index (χ1) is 13.6. The average molecular weight is 403 g/mol. The van der Waals surface area contributed by atoms with Gasteiger partial charge in [0.05, 0.1) is 21.5 Å². The molecule has 0 N–H and O–H groups in total. The molecule has 0 bridgehead atoms. The quantitative estimate of drug-likeness (QED) is 0.477. The predicted molar refractivity (Wildman–Crippen MR) is 103 cm³/mol. The van der Waals surface area contributed by atoms with Crippen molar-refractivity contribution in [2.75, 3.05) is 18.0 Å². The van der Waals surface area contributed by atoms with Crippen molar-refractivity contribution in [3.8, 4) is 11.4 Å². The number of piperidine rings is 1. The summed E-state index contributed by atoms with van der Waals surface area (Å²) in [7, 11) is 0. The molecule has 1 saturated heterocycles. The van der Waals surface area contributed by atoms with Gasteiger partial charge in [-0.15, -0.1) is 0 Å². The van der Waals surface area contributed by atoms with Crippen LogP contribution in [0.3, 0.4) is 0 Å². The number of nitrogens with zero attached hydrogens (tertiary/aromatic N) is 4. The fourth-order valence-electron chi connectivity index (χ4n) is 3.53. The van der Waals surface area contributed by atoms with Gasteiger partial charge in [-0.05, 0) is 37.0 Å². The highest BCUT2D eigenvalue weighted by molar-refractivity contribution is 6.30. The molecular weight excluding hydrogens is 386 g/mol. The highest BCUT2D eigenvalue weighted by Crippen LogP contribution is 2.32. The fraction of sp³-hybridized carbons (Fsp3) is 0.300. The lowest BCUT2D eigenvalue weighted by atomic mass is 9.94. The van der Waals surface area contributed by atoms with Crippen LogP contribution in [-0.4, -0.2) is 34.3 Å². The molecule has 3 heterocycles. The number of rotatable bonds is 4. The number of aldehydes is 1. The Morgan fingerprint density at radius 2 is 1.96 bits per heavy atom. The SMILES string of the molecule is O=CCC1CCN(c2nc(-c3cc(F)c(Cl)cc3F)nc3ccncc23)CC1. The largest absolute Gasteiger partial charge is 0.356 e. The highest BCUT2D eigenvalue weighted by Gasteiger charge is 2.23. The van der Waals surface area contributed by atoms with Crippen LogP contribution in [0.25, 0.3) is 22.3 Å². The molecule has 28 heavy (non-hydrogen) atoms. The molecule has 5 nitrogen and oxygen atoms in total. The number of hydrogen-bond donors (Lipinski definition) is 0. The lowest BCUT2D eigenvalue weighted by molar-refractivity contribution is -0.108. The summed E-state index contributed by atoms with van der Waals surface area (Å²) in [5, 5.41) is 0.457. The molecular formula is C20H17ClF2N4O. The van der Waals surface area contributed by atoms with Gasteiger partial charge in [0.1, 0.15) is 23.7 Å². The van der Waals surface area contributed by atoms with E-state index in [9.17, 15) is 13.6 Å². The molecule has 1 aromatic carbocycles. The van der Waals surface area contributed by atoms with Crippen molar-refractivity contribution in [2.45, 2.75) is 19.3 Å². The molecule has 0 saturated carbocycles. The van der Waals surface area contributed by atoms with Crippen molar-refractivity contribution in [3.05, 3.63) is 47.2 Å². The molecule has 0 radical (unpaired) electrons. The van der Waals surface area contributed by atoms with Gasteiger partial charge in [0.2, 0.25) is 0 Å². The topological polar surface area (TPSA) is 59.0 Å². The third-order valence-corrected chi connectivity index (χ3v) is 5.36. The maximum absolute atomic E-state index is 14.4. The van der Waals surface area contributed by atoms with E-state index in [0.29, 0.717) is 23.7 Å². The monoisotopic (exact) mass is 402 g/mol. The molecule has 1 aliphatic rings. The van der Waals surface area contributed by atoms with Crippen molar-refractivity contribution in [1.29, 1.82) is 0 Å². The van der Waals surface area contributed by atoms with Crippen LogP contribution in [0.1, 0.15) is 19.3 Å². The molecule has 1 aliphatic heterocycles. The van der Waals surface area contributed by atoms with Crippen LogP contribution in [0.4, 0.5) is 14.6 Å². The van der Waals surface area contributed by atoms with E-state index in [0.717, 1.165) is 49.7 Å². The number of carbonyl (C=O) groups is 1. The van der Waals surface area contributed by atoms with Gasteiger partial charge in [-0.25, -0.2) is 18.7 Å². The Labute approximate surface area is 165 Å². The fourth-order valence-corrected chi connectivity index (χ4v) is 3.68. The summed E-state index contributed by atoms with van der Waals surface area (Å²) in [4.78, 5) is 26.0. The summed E-state index contributed by atoms with van der Waals surface area (Å²) in [6.07, 6.45) is 6.51. The smallest absolute Gasteiger partial charge is 0.165 e. The number of pyridine rings is 1. The van der Waals surface area contributed by atoms with Crippen molar-refractivity contribution < 1.29 is 13.6 Å². The van der Waals surface area contributed by atoms with Gasteiger partial charge in [0.15, 0.2) is 5.82 Å². The second-order valence-corrected chi connectivity index (χ2v) is 7.25. The summed E-state index contributed by atoms with van der Waals surface area (Å²) >= 11 is 5.66. The van der Waals surface area contributed by atoms with Gasteiger partial charge in [-0.2, -0.15) is 0 Å². The average Bonchev–Trinajstić information content (AvgIpc) is 2.71. The number of anilines is 1. The van der Waals surface area contributed by atoms with Crippen LogP contribution in [0, 0.1) is 17.6 Å².